The Kier molecular flexibility index (Phi) is 5.02. The standard InChI is InChI=1S/C17H18F4O4/c1-5-24-15(22)14-11(8-16(3,25-14)17(19,20)21)10-6-7-12(18)9(2)13(10)23-4/h6-7H,5,8H2,1-4H3. The van der Waals surface area contributed by atoms with Crippen LogP contribution in [0.15, 0.2) is 17.9 Å². The fourth-order valence-electron chi connectivity index (χ4n) is 2.65. The molecule has 0 saturated heterocycles. The first kappa shape index (κ1) is 19.1. The molecule has 4 nitrogen and oxygen atoms in total. The molecule has 1 heterocycles. The molecule has 0 spiro atoms. The lowest BCUT2D eigenvalue weighted by molar-refractivity contribution is -0.251. The van der Waals surface area contributed by atoms with E-state index in [9.17, 15) is 22.4 Å². The largest absolute Gasteiger partial charge is 0.496 e. The second kappa shape index (κ2) is 6.57. The van der Waals surface area contributed by atoms with Crippen LogP contribution in [0.2, 0.25) is 0 Å². The van der Waals surface area contributed by atoms with E-state index in [0.29, 0.717) is 0 Å². The van der Waals surface area contributed by atoms with Gasteiger partial charge in [-0.2, -0.15) is 13.2 Å². The van der Waals surface area contributed by atoms with Gasteiger partial charge in [-0.05, 0) is 32.9 Å². The van der Waals surface area contributed by atoms with Crippen molar-refractivity contribution in [1.82, 2.24) is 0 Å². The van der Waals surface area contributed by atoms with Crippen molar-refractivity contribution in [3.63, 3.8) is 0 Å². The van der Waals surface area contributed by atoms with Gasteiger partial charge in [0.1, 0.15) is 11.6 Å². The van der Waals surface area contributed by atoms with E-state index in [1.807, 2.05) is 0 Å². The Morgan fingerprint density at radius 2 is 2.00 bits per heavy atom. The SMILES string of the molecule is CCOC(=O)C1=C(c2ccc(F)c(C)c2OC)CC(C)(C(F)(F)F)O1. The van der Waals surface area contributed by atoms with E-state index in [-0.39, 0.29) is 29.1 Å². The molecule has 138 valence electrons. The number of methoxy groups -OCH3 is 1. The number of carbonyl (C=O) groups excluding carboxylic acids is 1. The van der Waals surface area contributed by atoms with Gasteiger partial charge in [0.15, 0.2) is 0 Å². The Labute approximate surface area is 142 Å². The summed E-state index contributed by atoms with van der Waals surface area (Å²) in [4.78, 5) is 12.1. The Hall–Kier alpha value is -2.25. The second-order valence-corrected chi connectivity index (χ2v) is 5.79. The highest BCUT2D eigenvalue weighted by Gasteiger charge is 2.58. The molecule has 1 aromatic rings. The van der Waals surface area contributed by atoms with Gasteiger partial charge < -0.3 is 14.2 Å². The summed E-state index contributed by atoms with van der Waals surface area (Å²) in [5, 5.41) is 0. The van der Waals surface area contributed by atoms with Crippen molar-refractivity contribution in [3.8, 4) is 5.75 Å². The van der Waals surface area contributed by atoms with Crippen LogP contribution in [0.3, 0.4) is 0 Å². The molecule has 2 rings (SSSR count). The van der Waals surface area contributed by atoms with Crippen LogP contribution in [-0.4, -0.2) is 31.5 Å². The summed E-state index contributed by atoms with van der Waals surface area (Å²) in [5.74, 6) is -2.07. The van der Waals surface area contributed by atoms with Crippen LogP contribution >= 0.6 is 0 Å². The van der Waals surface area contributed by atoms with Crippen LogP contribution < -0.4 is 4.74 Å². The van der Waals surface area contributed by atoms with Crippen molar-refractivity contribution < 1.29 is 36.6 Å². The predicted octanol–water partition coefficient (Wildman–Crippen LogP) is 4.16. The summed E-state index contributed by atoms with van der Waals surface area (Å²) < 4.78 is 68.9. The van der Waals surface area contributed by atoms with Crippen LogP contribution in [0, 0.1) is 12.7 Å². The maximum absolute atomic E-state index is 13.8. The quantitative estimate of drug-likeness (QED) is 0.596. The number of halogens is 4. The lowest BCUT2D eigenvalue weighted by Gasteiger charge is -2.27. The van der Waals surface area contributed by atoms with Gasteiger partial charge >= 0.3 is 12.1 Å². The molecule has 0 aliphatic carbocycles. The molecule has 0 fully saturated rings. The normalized spacial score (nSPS) is 20.5. The fourth-order valence-corrected chi connectivity index (χ4v) is 2.65. The molecule has 1 aromatic carbocycles. The minimum absolute atomic E-state index is 0.0265. The first-order valence-electron chi connectivity index (χ1n) is 7.55. The molecule has 0 saturated carbocycles. The number of ether oxygens (including phenoxy) is 3. The average Bonchev–Trinajstić information content (AvgIpc) is 2.89. The third kappa shape index (κ3) is 3.29. The molecule has 1 atom stereocenters. The first-order valence-corrected chi connectivity index (χ1v) is 7.55. The van der Waals surface area contributed by atoms with Crippen molar-refractivity contribution in [2.75, 3.05) is 13.7 Å². The Bertz CT molecular complexity index is 724. The average molecular weight is 362 g/mol. The zero-order valence-corrected chi connectivity index (χ0v) is 14.2. The number of hydrogen-bond donors (Lipinski definition) is 0. The Balaban J connectivity index is 2.63. The van der Waals surface area contributed by atoms with E-state index in [4.69, 9.17) is 14.2 Å². The summed E-state index contributed by atoms with van der Waals surface area (Å²) in [6.45, 7) is 3.78. The number of carbonyl (C=O) groups is 1. The summed E-state index contributed by atoms with van der Waals surface area (Å²) in [6, 6.07) is 2.37. The van der Waals surface area contributed by atoms with E-state index >= 15 is 0 Å². The predicted molar refractivity (Wildman–Crippen MR) is 81.4 cm³/mol. The Morgan fingerprint density at radius 1 is 1.36 bits per heavy atom. The molecule has 1 unspecified atom stereocenters. The zero-order chi connectivity index (χ0) is 19.0. The first-order chi connectivity index (χ1) is 11.6. The molecule has 0 bridgehead atoms. The molecule has 0 N–H and O–H groups in total. The van der Waals surface area contributed by atoms with E-state index in [1.165, 1.54) is 27.0 Å². The summed E-state index contributed by atoms with van der Waals surface area (Å²) in [6.07, 6.45) is -5.33. The van der Waals surface area contributed by atoms with Gasteiger partial charge in [0.05, 0.1) is 13.7 Å². The zero-order valence-electron chi connectivity index (χ0n) is 14.2. The molecule has 1 aliphatic rings. The minimum Gasteiger partial charge on any atom is -0.496 e. The van der Waals surface area contributed by atoms with Gasteiger partial charge in [0.25, 0.3) is 0 Å². The lowest BCUT2D eigenvalue weighted by Crippen LogP contribution is -2.42. The molecular formula is C17H18F4O4. The molecule has 0 radical (unpaired) electrons. The highest BCUT2D eigenvalue weighted by Crippen LogP contribution is 2.50. The van der Waals surface area contributed by atoms with Gasteiger partial charge in [0, 0.05) is 23.1 Å². The van der Waals surface area contributed by atoms with Crippen LogP contribution in [0.25, 0.3) is 5.57 Å². The monoisotopic (exact) mass is 362 g/mol. The van der Waals surface area contributed by atoms with Crippen molar-refractivity contribution >= 4 is 11.5 Å². The number of rotatable bonds is 4. The van der Waals surface area contributed by atoms with E-state index in [1.54, 1.807) is 0 Å². The van der Waals surface area contributed by atoms with Gasteiger partial charge in [-0.25, -0.2) is 9.18 Å². The smallest absolute Gasteiger partial charge is 0.428 e. The molecule has 8 heteroatoms. The van der Waals surface area contributed by atoms with Crippen LogP contribution in [-0.2, 0) is 14.3 Å². The lowest BCUT2D eigenvalue weighted by atomic mass is 9.92. The number of alkyl halides is 3. The number of esters is 1. The third-order valence-corrected chi connectivity index (χ3v) is 4.05. The maximum Gasteiger partial charge on any atom is 0.428 e. The number of benzene rings is 1. The van der Waals surface area contributed by atoms with Crippen LogP contribution in [0.1, 0.15) is 31.4 Å². The van der Waals surface area contributed by atoms with Crippen LogP contribution in [0.4, 0.5) is 17.6 Å². The molecule has 1 aliphatic heterocycles. The van der Waals surface area contributed by atoms with Crippen molar-refractivity contribution in [1.29, 1.82) is 0 Å². The van der Waals surface area contributed by atoms with Crippen molar-refractivity contribution in [3.05, 3.63) is 34.8 Å². The van der Waals surface area contributed by atoms with E-state index < -0.39 is 35.7 Å². The third-order valence-electron chi connectivity index (χ3n) is 4.05. The topological polar surface area (TPSA) is 44.8 Å². The van der Waals surface area contributed by atoms with E-state index in [0.717, 1.165) is 13.0 Å². The van der Waals surface area contributed by atoms with Gasteiger partial charge in [-0.3, -0.25) is 0 Å². The number of hydrogen-bond acceptors (Lipinski definition) is 4. The Morgan fingerprint density at radius 3 is 2.52 bits per heavy atom. The van der Waals surface area contributed by atoms with Gasteiger partial charge in [-0.15, -0.1) is 0 Å². The summed E-state index contributed by atoms with van der Waals surface area (Å²) in [7, 11) is 1.27. The highest BCUT2D eigenvalue weighted by molar-refractivity contribution is 5.98. The van der Waals surface area contributed by atoms with E-state index in [2.05, 4.69) is 0 Å². The maximum atomic E-state index is 13.8. The summed E-state index contributed by atoms with van der Waals surface area (Å²) >= 11 is 0. The molecule has 0 aromatic heterocycles. The fraction of sp³-hybridized carbons (Fsp3) is 0.471. The summed E-state index contributed by atoms with van der Waals surface area (Å²) in [5.41, 5.74) is -2.33. The van der Waals surface area contributed by atoms with Crippen molar-refractivity contribution in [2.24, 2.45) is 0 Å². The van der Waals surface area contributed by atoms with Gasteiger partial charge in [0.2, 0.25) is 11.4 Å². The molecular weight excluding hydrogens is 344 g/mol. The highest BCUT2D eigenvalue weighted by atomic mass is 19.4. The molecule has 0 amide bonds. The minimum atomic E-state index is -4.71. The second-order valence-electron chi connectivity index (χ2n) is 5.79. The van der Waals surface area contributed by atoms with Crippen LogP contribution in [0.5, 0.6) is 5.75 Å². The van der Waals surface area contributed by atoms with Gasteiger partial charge in [-0.1, -0.05) is 0 Å². The molecule has 25 heavy (non-hydrogen) atoms. The van der Waals surface area contributed by atoms with Crippen molar-refractivity contribution in [2.45, 2.75) is 39.0 Å².